The van der Waals surface area contributed by atoms with Crippen LogP contribution < -0.4 is 0 Å². The second-order valence-electron chi connectivity index (χ2n) is 1.80. The molecule has 0 saturated heterocycles. The summed E-state index contributed by atoms with van der Waals surface area (Å²) in [4.78, 5) is 31.0. The molecule has 0 amide bonds. The molecule has 0 bridgehead atoms. The molecule has 0 aliphatic rings. The van der Waals surface area contributed by atoms with Gasteiger partial charge >= 0.3 is 15.6 Å². The molecule has 10 nitrogen and oxygen atoms in total. The van der Waals surface area contributed by atoms with Crippen LogP contribution in [-0.4, -0.2) is 38.8 Å². The van der Waals surface area contributed by atoms with Crippen LogP contribution in [0.3, 0.4) is 0 Å². The Morgan fingerprint density at radius 2 is 1.14 bits per heavy atom. The van der Waals surface area contributed by atoms with Crippen molar-refractivity contribution in [1.82, 2.24) is 0 Å². The van der Waals surface area contributed by atoms with Crippen LogP contribution in [0.4, 0.5) is 0 Å². The van der Waals surface area contributed by atoms with Crippen LogP contribution in [0.1, 0.15) is 0 Å². The van der Waals surface area contributed by atoms with E-state index in [1.54, 1.807) is 0 Å². The van der Waals surface area contributed by atoms with Crippen molar-refractivity contribution < 1.29 is 46.0 Å². The molecule has 0 aromatic carbocycles. The van der Waals surface area contributed by atoms with Gasteiger partial charge in [0.15, 0.2) is 0 Å². The van der Waals surface area contributed by atoms with Gasteiger partial charge in [-0.25, -0.2) is 9.13 Å². The van der Waals surface area contributed by atoms with Crippen LogP contribution in [0, 0.1) is 0 Å². The monoisotopic (exact) mass is 274 g/mol. The summed E-state index contributed by atoms with van der Waals surface area (Å²) in [6.45, 7) is 0. The van der Waals surface area contributed by atoms with Gasteiger partial charge in [-0.15, -0.1) is 0 Å². The second-order valence-corrected chi connectivity index (χ2v) is 5.88. The van der Waals surface area contributed by atoms with Crippen LogP contribution in [0.25, 0.3) is 0 Å². The SMILES string of the molecule is CS(=O)(=O)O.O=P(O)(O)OP(=O)(O)O. The van der Waals surface area contributed by atoms with E-state index in [0.29, 0.717) is 6.26 Å². The molecular weight excluding hydrogens is 266 g/mol. The molecule has 0 rings (SSSR count). The van der Waals surface area contributed by atoms with E-state index >= 15 is 0 Å². The normalized spacial score (nSPS) is 13.0. The summed E-state index contributed by atoms with van der Waals surface area (Å²) in [5, 5.41) is 0. The van der Waals surface area contributed by atoms with Crippen molar-refractivity contribution >= 4 is 25.8 Å². The minimum atomic E-state index is -5.05. The molecule has 0 heterocycles. The van der Waals surface area contributed by atoms with Gasteiger partial charge in [0.1, 0.15) is 0 Å². The summed E-state index contributed by atoms with van der Waals surface area (Å²) in [5.74, 6) is 0. The van der Waals surface area contributed by atoms with Gasteiger partial charge in [-0.2, -0.15) is 12.7 Å². The Balaban J connectivity index is 0. The van der Waals surface area contributed by atoms with Crippen LogP contribution in [-0.2, 0) is 23.6 Å². The molecule has 0 fully saturated rings. The highest BCUT2D eigenvalue weighted by Crippen LogP contribution is 2.53. The summed E-state index contributed by atoms with van der Waals surface area (Å²) in [5.41, 5.74) is 0. The van der Waals surface area contributed by atoms with E-state index in [1.807, 2.05) is 0 Å². The Hall–Kier alpha value is 0.170. The van der Waals surface area contributed by atoms with Crippen molar-refractivity contribution in [2.24, 2.45) is 0 Å². The Morgan fingerprint density at radius 3 is 1.14 bits per heavy atom. The minimum Gasteiger partial charge on any atom is -0.302 e. The van der Waals surface area contributed by atoms with Crippen molar-refractivity contribution in [2.75, 3.05) is 6.26 Å². The summed E-state index contributed by atoms with van der Waals surface area (Å²) < 4.78 is 48.1. The van der Waals surface area contributed by atoms with Gasteiger partial charge in [0.05, 0.1) is 6.26 Å². The molecule has 0 saturated carbocycles. The molecule has 0 aromatic rings. The molecule has 5 N–H and O–H groups in total. The van der Waals surface area contributed by atoms with Gasteiger partial charge in [-0.3, -0.25) is 4.55 Å². The number of rotatable bonds is 2. The van der Waals surface area contributed by atoms with Gasteiger partial charge < -0.3 is 19.6 Å². The van der Waals surface area contributed by atoms with E-state index in [4.69, 9.17) is 24.1 Å². The lowest BCUT2D eigenvalue weighted by molar-refractivity contribution is 0.225. The number of hydrogen-bond donors (Lipinski definition) is 5. The van der Waals surface area contributed by atoms with Gasteiger partial charge in [-0.05, 0) is 0 Å². The Bertz CT molecular complexity index is 312. The first kappa shape index (κ1) is 16.6. The van der Waals surface area contributed by atoms with E-state index in [2.05, 4.69) is 4.31 Å². The highest BCUT2D eigenvalue weighted by atomic mass is 32.2. The fraction of sp³-hybridized carbons (Fsp3) is 1.00. The van der Waals surface area contributed by atoms with Gasteiger partial charge in [-0.1, -0.05) is 0 Å². The molecule has 0 atom stereocenters. The smallest absolute Gasteiger partial charge is 0.302 e. The van der Waals surface area contributed by atoms with Crippen LogP contribution in [0.15, 0.2) is 0 Å². The lowest BCUT2D eigenvalue weighted by Crippen LogP contribution is -1.88. The quantitative estimate of drug-likeness (QED) is 0.299. The minimum absolute atomic E-state index is 0.715. The first-order valence-corrected chi connectivity index (χ1v) is 7.36. The lowest BCUT2D eigenvalue weighted by Gasteiger charge is -2.03. The van der Waals surface area contributed by atoms with E-state index < -0.39 is 25.8 Å². The van der Waals surface area contributed by atoms with Gasteiger partial charge in [0.2, 0.25) is 0 Å². The largest absolute Gasteiger partial charge is 0.478 e. The molecular formula is CH8O10P2S. The Kier molecular flexibility index (Phi) is 6.29. The van der Waals surface area contributed by atoms with E-state index in [9.17, 15) is 17.5 Å². The fourth-order valence-corrected chi connectivity index (χ4v) is 1.25. The molecule has 88 valence electrons. The Labute approximate surface area is 78.8 Å². The maximum absolute atomic E-state index is 9.63. The predicted molar refractivity (Wildman–Crippen MR) is 42.6 cm³/mol. The highest BCUT2D eigenvalue weighted by Gasteiger charge is 2.27. The standard InChI is InChI=1S/CH4O3S.H4O7P2/c1-5(2,3)4;1-8(2,3)7-9(4,5)6/h1H3,(H,2,3,4);(H2,1,2,3)(H2,4,5,6). The van der Waals surface area contributed by atoms with E-state index in [-0.39, 0.29) is 0 Å². The first-order chi connectivity index (χ1) is 5.71. The molecule has 0 aliphatic carbocycles. The van der Waals surface area contributed by atoms with Gasteiger partial charge in [0, 0.05) is 0 Å². The topological polar surface area (TPSA) is 179 Å². The molecule has 0 aromatic heterocycles. The number of phosphoric acid groups is 2. The summed E-state index contributed by atoms with van der Waals surface area (Å²) in [6, 6.07) is 0. The van der Waals surface area contributed by atoms with Crippen molar-refractivity contribution in [3.63, 3.8) is 0 Å². The molecule has 0 radical (unpaired) electrons. The zero-order chi connectivity index (χ0) is 12.2. The third-order valence-electron chi connectivity index (χ3n) is 0.213. The fourth-order valence-electron chi connectivity index (χ4n) is 0.139. The zero-order valence-corrected chi connectivity index (χ0v) is 9.19. The molecule has 0 unspecified atom stereocenters. The first-order valence-electron chi connectivity index (χ1n) is 2.45. The van der Waals surface area contributed by atoms with Crippen molar-refractivity contribution in [2.45, 2.75) is 0 Å². The third-order valence-corrected chi connectivity index (χ3v) is 1.91. The van der Waals surface area contributed by atoms with Crippen LogP contribution >= 0.6 is 15.6 Å². The van der Waals surface area contributed by atoms with Gasteiger partial charge in [0.25, 0.3) is 10.1 Å². The average molecular weight is 274 g/mol. The second kappa shape index (κ2) is 5.31. The molecule has 13 heteroatoms. The van der Waals surface area contributed by atoms with Crippen molar-refractivity contribution in [1.29, 1.82) is 0 Å². The van der Waals surface area contributed by atoms with Crippen molar-refractivity contribution in [3.05, 3.63) is 0 Å². The van der Waals surface area contributed by atoms with E-state index in [0.717, 1.165) is 0 Å². The molecule has 0 spiro atoms. The predicted octanol–water partition coefficient (Wildman–Crippen LogP) is -1.31. The van der Waals surface area contributed by atoms with Crippen LogP contribution in [0.2, 0.25) is 0 Å². The van der Waals surface area contributed by atoms with E-state index in [1.165, 1.54) is 0 Å². The Morgan fingerprint density at radius 1 is 1.00 bits per heavy atom. The maximum atomic E-state index is 9.63. The van der Waals surface area contributed by atoms with Crippen molar-refractivity contribution in [3.8, 4) is 0 Å². The average Bonchev–Trinajstić information content (AvgIpc) is 1.42. The summed E-state index contributed by atoms with van der Waals surface area (Å²) in [7, 11) is -13.8. The van der Waals surface area contributed by atoms with Crippen LogP contribution in [0.5, 0.6) is 0 Å². The summed E-state index contributed by atoms with van der Waals surface area (Å²) in [6.07, 6.45) is 0.715. The zero-order valence-electron chi connectivity index (χ0n) is 6.58. The summed E-state index contributed by atoms with van der Waals surface area (Å²) >= 11 is 0. The maximum Gasteiger partial charge on any atom is 0.478 e. The molecule has 0 aliphatic heterocycles. The lowest BCUT2D eigenvalue weighted by atomic mass is 12.0. The third kappa shape index (κ3) is 39.9. The number of hydrogen-bond acceptors (Lipinski definition) is 5. The highest BCUT2D eigenvalue weighted by molar-refractivity contribution is 7.85. The molecule has 14 heavy (non-hydrogen) atoms.